The summed E-state index contributed by atoms with van der Waals surface area (Å²) in [6, 6.07) is 13.2. The quantitative estimate of drug-likeness (QED) is 0.845. The molecule has 0 aliphatic heterocycles. The highest BCUT2D eigenvalue weighted by molar-refractivity contribution is 6.18. The van der Waals surface area contributed by atoms with Gasteiger partial charge in [-0.2, -0.15) is 0 Å². The molecule has 0 aromatic heterocycles. The van der Waals surface area contributed by atoms with E-state index in [4.69, 9.17) is 11.6 Å². The van der Waals surface area contributed by atoms with E-state index in [-0.39, 0.29) is 5.56 Å². The molecule has 0 aliphatic rings. The number of nitrogens with one attached hydrogen (secondary N) is 1. The van der Waals surface area contributed by atoms with Crippen LogP contribution in [0.1, 0.15) is 15.9 Å². The van der Waals surface area contributed by atoms with E-state index < -0.39 is 11.7 Å². The smallest absolute Gasteiger partial charge is 0.258 e. The Morgan fingerprint density at radius 2 is 1.79 bits per heavy atom. The highest BCUT2D eigenvalue weighted by atomic mass is 35.5. The summed E-state index contributed by atoms with van der Waals surface area (Å²) in [5, 5.41) is 2.66. The van der Waals surface area contributed by atoms with Crippen LogP contribution in [0.2, 0.25) is 0 Å². The van der Waals surface area contributed by atoms with Gasteiger partial charge in [0, 0.05) is 11.6 Å². The lowest BCUT2D eigenvalue weighted by Crippen LogP contribution is -2.13. The zero-order valence-electron chi connectivity index (χ0n) is 10.2. The summed E-state index contributed by atoms with van der Waals surface area (Å²) in [5.41, 5.74) is 1.76. The second-order valence-corrected chi connectivity index (χ2v) is 4.45. The van der Waals surface area contributed by atoms with Crippen LogP contribution in [0.15, 0.2) is 48.5 Å². The van der Waals surface area contributed by atoms with E-state index in [0.29, 0.717) is 11.6 Å². The molecule has 4 heteroatoms. The fourth-order valence-electron chi connectivity index (χ4n) is 1.71. The first-order chi connectivity index (χ1) is 9.20. The molecule has 19 heavy (non-hydrogen) atoms. The summed E-state index contributed by atoms with van der Waals surface area (Å²) in [7, 11) is 0. The summed E-state index contributed by atoms with van der Waals surface area (Å²) in [5.74, 6) is -0.428. The maximum Gasteiger partial charge on any atom is 0.258 e. The predicted octanol–water partition coefficient (Wildman–Crippen LogP) is 3.86. The number of amides is 1. The van der Waals surface area contributed by atoms with E-state index in [1.807, 2.05) is 12.1 Å². The van der Waals surface area contributed by atoms with E-state index in [1.54, 1.807) is 24.3 Å². The van der Waals surface area contributed by atoms with Crippen molar-refractivity contribution in [2.45, 2.75) is 6.42 Å². The number of anilines is 1. The van der Waals surface area contributed by atoms with Crippen molar-refractivity contribution in [1.29, 1.82) is 0 Å². The van der Waals surface area contributed by atoms with Gasteiger partial charge in [-0.1, -0.05) is 24.3 Å². The van der Waals surface area contributed by atoms with Crippen molar-refractivity contribution >= 4 is 23.2 Å². The Kier molecular flexibility index (Phi) is 4.53. The Morgan fingerprint density at radius 3 is 2.42 bits per heavy atom. The minimum Gasteiger partial charge on any atom is -0.322 e. The second kappa shape index (κ2) is 6.34. The Balaban J connectivity index is 2.09. The van der Waals surface area contributed by atoms with E-state index in [9.17, 15) is 9.18 Å². The molecule has 98 valence electrons. The van der Waals surface area contributed by atoms with E-state index in [2.05, 4.69) is 5.32 Å². The lowest BCUT2D eigenvalue weighted by Gasteiger charge is -2.06. The van der Waals surface area contributed by atoms with Gasteiger partial charge >= 0.3 is 0 Å². The largest absolute Gasteiger partial charge is 0.322 e. The van der Waals surface area contributed by atoms with Crippen molar-refractivity contribution in [3.8, 4) is 0 Å². The van der Waals surface area contributed by atoms with Gasteiger partial charge in [-0.3, -0.25) is 4.79 Å². The van der Waals surface area contributed by atoms with Crippen LogP contribution in [-0.4, -0.2) is 11.8 Å². The van der Waals surface area contributed by atoms with Gasteiger partial charge in [0.25, 0.3) is 5.91 Å². The molecule has 0 atom stereocenters. The number of alkyl halides is 1. The molecule has 2 rings (SSSR count). The van der Waals surface area contributed by atoms with Gasteiger partial charge in [0.2, 0.25) is 0 Å². The number of halogens is 2. The summed E-state index contributed by atoms with van der Waals surface area (Å²) in [4.78, 5) is 11.9. The first-order valence-corrected chi connectivity index (χ1v) is 6.45. The summed E-state index contributed by atoms with van der Waals surface area (Å²) in [6.07, 6.45) is 0.781. The number of carbonyl (C=O) groups excluding carboxylic acids is 1. The molecule has 2 aromatic carbocycles. The first-order valence-electron chi connectivity index (χ1n) is 5.91. The fraction of sp³-hybridized carbons (Fsp3) is 0.133. The Labute approximate surface area is 116 Å². The average molecular weight is 278 g/mol. The van der Waals surface area contributed by atoms with Crippen molar-refractivity contribution < 1.29 is 9.18 Å². The third kappa shape index (κ3) is 3.55. The van der Waals surface area contributed by atoms with Gasteiger partial charge in [0.15, 0.2) is 0 Å². The Hall–Kier alpha value is -1.87. The maximum absolute atomic E-state index is 13.4. The van der Waals surface area contributed by atoms with E-state index in [1.165, 1.54) is 12.1 Å². The van der Waals surface area contributed by atoms with Gasteiger partial charge in [-0.15, -0.1) is 11.6 Å². The van der Waals surface area contributed by atoms with Crippen LogP contribution in [0, 0.1) is 5.82 Å². The molecular weight excluding hydrogens is 265 g/mol. The molecule has 0 saturated carbocycles. The molecule has 1 N–H and O–H groups in total. The predicted molar refractivity (Wildman–Crippen MR) is 75.2 cm³/mol. The number of hydrogen-bond donors (Lipinski definition) is 1. The minimum absolute atomic E-state index is 0.0346. The summed E-state index contributed by atoms with van der Waals surface area (Å²) >= 11 is 5.65. The lowest BCUT2D eigenvalue weighted by molar-refractivity contribution is 0.102. The van der Waals surface area contributed by atoms with E-state index in [0.717, 1.165) is 12.0 Å². The molecule has 0 saturated heterocycles. The monoisotopic (exact) mass is 277 g/mol. The van der Waals surface area contributed by atoms with Gasteiger partial charge in [0.1, 0.15) is 5.82 Å². The van der Waals surface area contributed by atoms with Crippen molar-refractivity contribution in [3.05, 3.63) is 65.5 Å². The molecule has 0 heterocycles. The maximum atomic E-state index is 13.4. The molecule has 0 bridgehead atoms. The first kappa shape index (κ1) is 13.6. The Morgan fingerprint density at radius 1 is 1.11 bits per heavy atom. The van der Waals surface area contributed by atoms with Crippen molar-refractivity contribution in [3.63, 3.8) is 0 Å². The second-order valence-electron chi connectivity index (χ2n) is 4.07. The van der Waals surface area contributed by atoms with Crippen LogP contribution in [0.3, 0.4) is 0 Å². The minimum atomic E-state index is -0.529. The van der Waals surface area contributed by atoms with Crippen molar-refractivity contribution in [2.24, 2.45) is 0 Å². The Bertz CT molecular complexity index is 569. The summed E-state index contributed by atoms with van der Waals surface area (Å²) in [6.45, 7) is 0. The van der Waals surface area contributed by atoms with Crippen LogP contribution in [0.4, 0.5) is 10.1 Å². The van der Waals surface area contributed by atoms with Gasteiger partial charge in [0.05, 0.1) is 5.56 Å². The fourth-order valence-corrected chi connectivity index (χ4v) is 1.93. The molecule has 2 nitrogen and oxygen atoms in total. The molecule has 0 spiro atoms. The van der Waals surface area contributed by atoms with Crippen molar-refractivity contribution in [1.82, 2.24) is 0 Å². The number of carbonyl (C=O) groups is 1. The summed E-state index contributed by atoms with van der Waals surface area (Å²) < 4.78 is 13.4. The van der Waals surface area contributed by atoms with Crippen LogP contribution in [0.5, 0.6) is 0 Å². The SMILES string of the molecule is O=C(Nc1ccc(CCCl)cc1)c1ccccc1F. The van der Waals surface area contributed by atoms with Crippen LogP contribution >= 0.6 is 11.6 Å². The highest BCUT2D eigenvalue weighted by Crippen LogP contribution is 2.13. The third-order valence-corrected chi connectivity index (χ3v) is 2.90. The molecular formula is C15H13ClFNO. The molecule has 0 aliphatic carbocycles. The molecule has 0 radical (unpaired) electrons. The van der Waals surface area contributed by atoms with Crippen LogP contribution in [0.25, 0.3) is 0 Å². The average Bonchev–Trinajstić information content (AvgIpc) is 2.42. The molecule has 1 amide bonds. The third-order valence-electron chi connectivity index (χ3n) is 2.71. The zero-order valence-corrected chi connectivity index (χ0v) is 11.0. The highest BCUT2D eigenvalue weighted by Gasteiger charge is 2.10. The topological polar surface area (TPSA) is 29.1 Å². The number of rotatable bonds is 4. The number of benzene rings is 2. The van der Waals surface area contributed by atoms with Crippen molar-refractivity contribution in [2.75, 3.05) is 11.2 Å². The zero-order chi connectivity index (χ0) is 13.7. The molecule has 0 fully saturated rings. The van der Waals surface area contributed by atoms with Crippen LogP contribution < -0.4 is 5.32 Å². The van der Waals surface area contributed by atoms with Gasteiger partial charge < -0.3 is 5.32 Å². The molecule has 2 aromatic rings. The van der Waals surface area contributed by atoms with Gasteiger partial charge in [-0.25, -0.2) is 4.39 Å². The standard InChI is InChI=1S/C15H13ClFNO/c16-10-9-11-5-7-12(8-6-11)18-15(19)13-3-1-2-4-14(13)17/h1-8H,9-10H2,(H,18,19). The van der Waals surface area contributed by atoms with Gasteiger partial charge in [-0.05, 0) is 36.2 Å². The lowest BCUT2D eigenvalue weighted by atomic mass is 10.1. The number of hydrogen-bond acceptors (Lipinski definition) is 1. The van der Waals surface area contributed by atoms with Crippen LogP contribution in [-0.2, 0) is 6.42 Å². The molecule has 0 unspecified atom stereocenters. The number of aryl methyl sites for hydroxylation is 1. The normalized spacial score (nSPS) is 10.2. The van der Waals surface area contributed by atoms with E-state index >= 15 is 0 Å².